The summed E-state index contributed by atoms with van der Waals surface area (Å²) in [5.74, 6) is 0.190. The van der Waals surface area contributed by atoms with Gasteiger partial charge in [0, 0.05) is 5.56 Å². The molecule has 3 rings (SSSR count). The zero-order valence-corrected chi connectivity index (χ0v) is 16.5. The number of rotatable bonds is 7. The first-order valence-corrected chi connectivity index (χ1v) is 10.0. The molecular weight excluding hydrogens is 385 g/mol. The van der Waals surface area contributed by atoms with Crippen molar-refractivity contribution in [1.29, 1.82) is 0 Å². The second kappa shape index (κ2) is 8.07. The van der Waals surface area contributed by atoms with Crippen molar-refractivity contribution in [2.75, 3.05) is 7.11 Å². The van der Waals surface area contributed by atoms with E-state index < -0.39 is 15.8 Å². The van der Waals surface area contributed by atoms with E-state index in [0.29, 0.717) is 11.7 Å². The van der Waals surface area contributed by atoms with Crippen LogP contribution in [0.1, 0.15) is 31.2 Å². The summed E-state index contributed by atoms with van der Waals surface area (Å²) < 4.78 is 50.8. The summed E-state index contributed by atoms with van der Waals surface area (Å²) >= 11 is 0. The maximum absolute atomic E-state index is 13.5. The van der Waals surface area contributed by atoms with Crippen LogP contribution >= 0.6 is 0 Å². The number of halogens is 1. The Bertz CT molecular complexity index is 1060. The molecule has 0 unspecified atom stereocenters. The summed E-state index contributed by atoms with van der Waals surface area (Å²) in [6.07, 6.45) is 0. The van der Waals surface area contributed by atoms with Crippen LogP contribution in [-0.4, -0.2) is 25.7 Å². The predicted molar refractivity (Wildman–Crippen MR) is 101 cm³/mol. The fraction of sp³-hybridized carbons (Fsp3) is 0.263. The van der Waals surface area contributed by atoms with E-state index in [-0.39, 0.29) is 23.1 Å². The second-order valence-electron chi connectivity index (χ2n) is 6.41. The van der Waals surface area contributed by atoms with E-state index in [1.165, 1.54) is 18.7 Å². The highest BCUT2D eigenvalue weighted by atomic mass is 32.2. The fourth-order valence-corrected chi connectivity index (χ4v) is 3.71. The van der Waals surface area contributed by atoms with Crippen molar-refractivity contribution in [3.8, 4) is 17.1 Å². The molecule has 0 saturated carbocycles. The van der Waals surface area contributed by atoms with Crippen LogP contribution in [0.3, 0.4) is 0 Å². The molecule has 0 aliphatic heterocycles. The van der Waals surface area contributed by atoms with Gasteiger partial charge >= 0.3 is 0 Å². The Kier molecular flexibility index (Phi) is 5.76. The van der Waals surface area contributed by atoms with Gasteiger partial charge in [0.2, 0.25) is 21.7 Å². The van der Waals surface area contributed by atoms with E-state index in [1.54, 1.807) is 0 Å². The molecule has 148 valence electrons. The van der Waals surface area contributed by atoms with E-state index in [0.717, 1.165) is 17.7 Å². The predicted octanol–water partition coefficient (Wildman–Crippen LogP) is 3.49. The lowest BCUT2D eigenvalue weighted by Crippen LogP contribution is -2.24. The molecule has 0 amide bonds. The molecular formula is C19H20FN3O4S. The van der Waals surface area contributed by atoms with Gasteiger partial charge < -0.3 is 9.26 Å². The topological polar surface area (TPSA) is 94.3 Å². The van der Waals surface area contributed by atoms with Crippen LogP contribution in [0.4, 0.5) is 4.39 Å². The van der Waals surface area contributed by atoms with Gasteiger partial charge in [-0.15, -0.1) is 0 Å². The first-order valence-electron chi connectivity index (χ1n) is 8.56. The van der Waals surface area contributed by atoms with Crippen molar-refractivity contribution in [2.24, 2.45) is 0 Å². The summed E-state index contributed by atoms with van der Waals surface area (Å²) in [4.78, 5) is 3.90. The van der Waals surface area contributed by atoms with E-state index in [9.17, 15) is 12.8 Å². The Labute approximate surface area is 162 Å². The van der Waals surface area contributed by atoms with Crippen LogP contribution < -0.4 is 9.46 Å². The molecule has 1 heterocycles. The number of aromatic nitrogens is 2. The van der Waals surface area contributed by atoms with Crippen LogP contribution in [0.25, 0.3) is 11.4 Å². The van der Waals surface area contributed by atoms with Crippen molar-refractivity contribution >= 4 is 10.0 Å². The van der Waals surface area contributed by atoms with Gasteiger partial charge in [-0.05, 0) is 29.7 Å². The summed E-state index contributed by atoms with van der Waals surface area (Å²) in [5.41, 5.74) is 1.94. The average Bonchev–Trinajstić information content (AvgIpc) is 3.15. The van der Waals surface area contributed by atoms with Crippen LogP contribution in [0.2, 0.25) is 0 Å². The Morgan fingerprint density at radius 3 is 2.54 bits per heavy atom. The van der Waals surface area contributed by atoms with Crippen LogP contribution in [0.15, 0.2) is 51.9 Å². The van der Waals surface area contributed by atoms with Gasteiger partial charge in [-0.25, -0.2) is 17.5 Å². The number of sulfonamides is 1. The molecule has 0 atom stereocenters. The van der Waals surface area contributed by atoms with Gasteiger partial charge in [0.1, 0.15) is 16.5 Å². The standard InChI is InChI=1S/C19H20FN3O4S/c1-12(2)13-4-6-14(7-5-13)19-22-18(27-23-19)11-21-28(24,25)17-10-15(20)8-9-16(17)26-3/h4-10,12,21H,11H2,1-3H3. The minimum absolute atomic E-state index is 0.0327. The third-order valence-electron chi connectivity index (χ3n) is 4.13. The number of nitrogens with one attached hydrogen (secondary N) is 1. The lowest BCUT2D eigenvalue weighted by molar-refractivity contribution is 0.375. The highest BCUT2D eigenvalue weighted by Gasteiger charge is 2.21. The van der Waals surface area contributed by atoms with E-state index in [2.05, 4.69) is 28.7 Å². The molecule has 0 spiro atoms. The normalized spacial score (nSPS) is 11.8. The molecule has 9 heteroatoms. The summed E-state index contributed by atoms with van der Waals surface area (Å²) in [6, 6.07) is 11.0. The largest absolute Gasteiger partial charge is 0.495 e. The van der Waals surface area contributed by atoms with Crippen molar-refractivity contribution in [1.82, 2.24) is 14.9 Å². The van der Waals surface area contributed by atoms with Crippen LogP contribution in [0, 0.1) is 5.82 Å². The monoisotopic (exact) mass is 405 g/mol. The van der Waals surface area contributed by atoms with Crippen LogP contribution in [0.5, 0.6) is 5.75 Å². The van der Waals surface area contributed by atoms with Crippen molar-refractivity contribution in [3.05, 3.63) is 59.7 Å². The summed E-state index contributed by atoms with van der Waals surface area (Å²) in [6.45, 7) is 3.96. The van der Waals surface area contributed by atoms with Crippen LogP contribution in [-0.2, 0) is 16.6 Å². The van der Waals surface area contributed by atoms with Crippen molar-refractivity contribution in [3.63, 3.8) is 0 Å². The van der Waals surface area contributed by atoms with Gasteiger partial charge in [-0.3, -0.25) is 0 Å². The number of benzene rings is 2. The van der Waals surface area contributed by atoms with E-state index in [4.69, 9.17) is 9.26 Å². The third kappa shape index (κ3) is 4.37. The van der Waals surface area contributed by atoms with Gasteiger partial charge in [0.25, 0.3) is 0 Å². The molecule has 1 N–H and O–H groups in total. The molecule has 0 bridgehead atoms. The molecule has 0 saturated heterocycles. The van der Waals surface area contributed by atoms with Gasteiger partial charge in [0.05, 0.1) is 13.7 Å². The first kappa shape index (κ1) is 20.0. The number of ether oxygens (including phenoxy) is 1. The molecule has 0 radical (unpaired) electrons. The zero-order valence-electron chi connectivity index (χ0n) is 15.6. The van der Waals surface area contributed by atoms with Gasteiger partial charge in [0.15, 0.2) is 0 Å². The molecule has 2 aromatic carbocycles. The maximum atomic E-state index is 13.5. The van der Waals surface area contributed by atoms with E-state index >= 15 is 0 Å². The minimum Gasteiger partial charge on any atom is -0.495 e. The summed E-state index contributed by atoms with van der Waals surface area (Å²) in [5, 5.41) is 3.88. The minimum atomic E-state index is -4.04. The quantitative estimate of drug-likeness (QED) is 0.647. The molecule has 3 aromatic rings. The zero-order chi connectivity index (χ0) is 20.3. The molecule has 28 heavy (non-hydrogen) atoms. The highest BCUT2D eigenvalue weighted by Crippen LogP contribution is 2.25. The Morgan fingerprint density at radius 1 is 1.18 bits per heavy atom. The lowest BCUT2D eigenvalue weighted by atomic mass is 10.0. The third-order valence-corrected chi connectivity index (χ3v) is 5.55. The molecule has 1 aromatic heterocycles. The second-order valence-corrected chi connectivity index (χ2v) is 8.14. The smallest absolute Gasteiger partial charge is 0.244 e. The Morgan fingerprint density at radius 2 is 1.89 bits per heavy atom. The SMILES string of the molecule is COc1ccc(F)cc1S(=O)(=O)NCc1nc(-c2ccc(C(C)C)cc2)no1. The Balaban J connectivity index is 1.74. The number of hydrogen-bond donors (Lipinski definition) is 1. The summed E-state index contributed by atoms with van der Waals surface area (Å²) in [7, 11) is -2.73. The number of nitrogens with zero attached hydrogens (tertiary/aromatic N) is 2. The van der Waals surface area contributed by atoms with Crippen molar-refractivity contribution in [2.45, 2.75) is 31.2 Å². The number of methoxy groups -OCH3 is 1. The lowest BCUT2D eigenvalue weighted by Gasteiger charge is -2.09. The van der Waals surface area contributed by atoms with Gasteiger partial charge in [-0.2, -0.15) is 4.98 Å². The highest BCUT2D eigenvalue weighted by molar-refractivity contribution is 7.89. The molecule has 0 aliphatic carbocycles. The molecule has 0 fully saturated rings. The fourth-order valence-electron chi connectivity index (χ4n) is 2.56. The molecule has 7 nitrogen and oxygen atoms in total. The average molecular weight is 405 g/mol. The Hall–Kier alpha value is -2.78. The maximum Gasteiger partial charge on any atom is 0.244 e. The van der Waals surface area contributed by atoms with Crippen molar-refractivity contribution < 1.29 is 22.1 Å². The molecule has 0 aliphatic rings. The van der Waals surface area contributed by atoms with Gasteiger partial charge in [-0.1, -0.05) is 43.3 Å². The number of hydrogen-bond acceptors (Lipinski definition) is 6. The first-order chi connectivity index (χ1) is 13.3. The van der Waals surface area contributed by atoms with E-state index in [1.807, 2.05) is 24.3 Å².